The number of carboxylic acids is 1. The van der Waals surface area contributed by atoms with Gasteiger partial charge in [0.15, 0.2) is 0 Å². The fraction of sp³-hybridized carbons (Fsp3) is 0.355. The normalized spacial score (nSPS) is 13.7. The Morgan fingerprint density at radius 2 is 1.70 bits per heavy atom. The molecule has 0 bridgehead atoms. The minimum absolute atomic E-state index is 0.112. The highest BCUT2D eigenvalue weighted by atomic mass is 35.5. The zero-order valence-electron chi connectivity index (χ0n) is 24.0. The molecule has 1 aliphatic heterocycles. The maximum Gasteiger partial charge on any atom is 0.420 e. The number of carboxylic acid groups (broad SMARTS) is 1. The second-order valence-electron chi connectivity index (χ2n) is 10.7. The quantitative estimate of drug-likeness (QED) is 0.238. The Morgan fingerprint density at radius 3 is 2.30 bits per heavy atom. The lowest BCUT2D eigenvalue weighted by Gasteiger charge is -2.27. The summed E-state index contributed by atoms with van der Waals surface area (Å²) in [5.41, 5.74) is -0.270. The second-order valence-corrected chi connectivity index (χ2v) is 11.2. The summed E-state index contributed by atoms with van der Waals surface area (Å²) in [6.45, 7) is 3.49. The zero-order valence-corrected chi connectivity index (χ0v) is 24.8. The van der Waals surface area contributed by atoms with Gasteiger partial charge in [0.1, 0.15) is 23.3 Å². The topological polar surface area (TPSA) is 97.3 Å². The number of hydrogen-bond acceptors (Lipinski definition) is 6. The molecular weight excluding hydrogens is 589 g/mol. The number of amides is 1. The molecule has 0 aromatic heterocycles. The van der Waals surface area contributed by atoms with Crippen molar-refractivity contribution in [3.8, 4) is 17.2 Å². The van der Waals surface area contributed by atoms with E-state index in [9.17, 15) is 27.9 Å². The number of rotatable bonds is 11. The number of aliphatic carboxylic acids is 1. The molecule has 1 aliphatic rings. The molecule has 1 amide bonds. The summed E-state index contributed by atoms with van der Waals surface area (Å²) in [4.78, 5) is 26.9. The molecule has 2 N–H and O–H groups in total. The summed E-state index contributed by atoms with van der Waals surface area (Å²) in [5, 5.41) is 13.0. The number of halogens is 4. The summed E-state index contributed by atoms with van der Waals surface area (Å²) < 4.78 is 57.7. The number of carbonyl (C=O) groups is 2. The van der Waals surface area contributed by atoms with Crippen molar-refractivity contribution in [2.24, 2.45) is 5.41 Å². The van der Waals surface area contributed by atoms with Gasteiger partial charge in [-0.15, -0.1) is 0 Å². The van der Waals surface area contributed by atoms with Crippen molar-refractivity contribution < 1.29 is 42.1 Å². The van der Waals surface area contributed by atoms with E-state index < -0.39 is 35.1 Å². The lowest BCUT2D eigenvalue weighted by atomic mass is 9.90. The van der Waals surface area contributed by atoms with E-state index in [0.29, 0.717) is 39.8 Å². The lowest BCUT2D eigenvalue weighted by Crippen LogP contribution is -2.37. The van der Waals surface area contributed by atoms with E-state index in [0.717, 1.165) is 6.07 Å². The molecule has 0 aliphatic carbocycles. The van der Waals surface area contributed by atoms with Gasteiger partial charge in [-0.3, -0.25) is 9.59 Å². The molecule has 3 aromatic carbocycles. The molecule has 0 radical (unpaired) electrons. The molecule has 1 atom stereocenters. The first-order chi connectivity index (χ1) is 20.2. The van der Waals surface area contributed by atoms with E-state index in [1.54, 1.807) is 56.3 Å². The highest BCUT2D eigenvalue weighted by Crippen LogP contribution is 2.43. The molecule has 4 rings (SSSR count). The van der Waals surface area contributed by atoms with Gasteiger partial charge in [0, 0.05) is 41.1 Å². The Balaban J connectivity index is 1.67. The minimum atomic E-state index is -4.68. The third kappa shape index (κ3) is 7.27. The molecule has 230 valence electrons. The van der Waals surface area contributed by atoms with Crippen LogP contribution in [0.5, 0.6) is 17.2 Å². The number of ether oxygens (including phenoxy) is 3. The lowest BCUT2D eigenvalue weighted by molar-refractivity contribution is -0.147. The van der Waals surface area contributed by atoms with Crippen LogP contribution in [0, 0.1) is 5.41 Å². The van der Waals surface area contributed by atoms with Crippen molar-refractivity contribution in [2.75, 3.05) is 37.6 Å². The van der Waals surface area contributed by atoms with Gasteiger partial charge in [0.05, 0.1) is 31.8 Å². The zero-order chi connectivity index (χ0) is 31.5. The van der Waals surface area contributed by atoms with Crippen molar-refractivity contribution in [3.05, 3.63) is 76.3 Å². The number of hydrogen-bond donors (Lipinski definition) is 2. The third-order valence-corrected chi connectivity index (χ3v) is 7.57. The number of fused-ring (bicyclic) bond motifs is 1. The fourth-order valence-corrected chi connectivity index (χ4v) is 4.81. The molecule has 8 nitrogen and oxygen atoms in total. The van der Waals surface area contributed by atoms with Crippen LogP contribution >= 0.6 is 11.6 Å². The van der Waals surface area contributed by atoms with E-state index in [1.807, 2.05) is 0 Å². The van der Waals surface area contributed by atoms with Crippen LogP contribution in [0.1, 0.15) is 43.0 Å². The van der Waals surface area contributed by atoms with Crippen LogP contribution < -0.4 is 24.4 Å². The van der Waals surface area contributed by atoms with Gasteiger partial charge in [-0.05, 0) is 62.1 Å². The number of anilines is 2. The first-order valence-corrected chi connectivity index (χ1v) is 13.8. The predicted octanol–water partition coefficient (Wildman–Crippen LogP) is 7.00. The maximum atomic E-state index is 14.1. The van der Waals surface area contributed by atoms with Gasteiger partial charge in [-0.1, -0.05) is 23.7 Å². The van der Waals surface area contributed by atoms with Crippen LogP contribution in [-0.2, 0) is 22.2 Å². The second kappa shape index (κ2) is 12.6. The standard InChI is InChI=1S/C31H32ClF3N2O6/c1-30(2,29(39)40)10-12-43-23-15-21(14-22(16-23)41-3)36-27(18-5-7-20(32)8-6-18)28(38)37-11-9-19-13-26(42-4)24(17-25(19)37)31(33,34)35/h5-8,13-17,27,36H,9-12H2,1-4H3,(H,39,40). The average molecular weight is 621 g/mol. The molecule has 1 unspecified atom stereocenters. The van der Waals surface area contributed by atoms with Crippen LogP contribution in [0.4, 0.5) is 24.5 Å². The van der Waals surface area contributed by atoms with Gasteiger partial charge in [-0.25, -0.2) is 0 Å². The van der Waals surface area contributed by atoms with Crippen LogP contribution in [0.2, 0.25) is 5.02 Å². The monoisotopic (exact) mass is 620 g/mol. The number of benzene rings is 3. The van der Waals surface area contributed by atoms with Gasteiger partial charge in [0.25, 0.3) is 5.91 Å². The Kier molecular flexibility index (Phi) is 9.34. The molecule has 1 heterocycles. The molecule has 0 spiro atoms. The number of nitrogens with one attached hydrogen (secondary N) is 1. The van der Waals surface area contributed by atoms with Crippen LogP contribution in [-0.4, -0.2) is 44.4 Å². The molecule has 0 saturated heterocycles. The van der Waals surface area contributed by atoms with Crippen molar-refractivity contribution in [3.63, 3.8) is 0 Å². The Hall–Kier alpha value is -4.12. The number of nitrogens with zero attached hydrogens (tertiary/aromatic N) is 1. The highest BCUT2D eigenvalue weighted by molar-refractivity contribution is 6.30. The summed E-state index contributed by atoms with van der Waals surface area (Å²) in [5.74, 6) is -0.943. The number of carbonyl (C=O) groups excluding carboxylic acids is 1. The van der Waals surface area contributed by atoms with Crippen molar-refractivity contribution in [1.29, 1.82) is 0 Å². The van der Waals surface area contributed by atoms with Crippen LogP contribution in [0.15, 0.2) is 54.6 Å². The molecule has 3 aromatic rings. The van der Waals surface area contributed by atoms with Crippen molar-refractivity contribution >= 4 is 34.9 Å². The molecule has 0 fully saturated rings. The van der Waals surface area contributed by atoms with Gasteiger partial charge < -0.3 is 29.5 Å². The van der Waals surface area contributed by atoms with Crippen LogP contribution in [0.25, 0.3) is 0 Å². The van der Waals surface area contributed by atoms with E-state index in [1.165, 1.54) is 25.2 Å². The number of alkyl halides is 3. The number of methoxy groups -OCH3 is 2. The van der Waals surface area contributed by atoms with E-state index in [4.69, 9.17) is 25.8 Å². The van der Waals surface area contributed by atoms with E-state index >= 15 is 0 Å². The minimum Gasteiger partial charge on any atom is -0.497 e. The SMILES string of the molecule is COc1cc(NC(C(=O)N2CCc3cc(OC)c(C(F)(F)F)cc32)c2ccc(Cl)cc2)cc(OCCC(C)(C)C(=O)O)c1. The van der Waals surface area contributed by atoms with Crippen molar-refractivity contribution in [2.45, 2.75) is 38.9 Å². The predicted molar refractivity (Wildman–Crippen MR) is 156 cm³/mol. The maximum absolute atomic E-state index is 14.1. The molecular formula is C31H32ClF3N2O6. The van der Waals surface area contributed by atoms with Gasteiger partial charge in [0.2, 0.25) is 0 Å². The van der Waals surface area contributed by atoms with Gasteiger partial charge in [-0.2, -0.15) is 13.2 Å². The Bertz CT molecular complexity index is 1490. The fourth-order valence-electron chi connectivity index (χ4n) is 4.69. The van der Waals surface area contributed by atoms with Gasteiger partial charge >= 0.3 is 12.1 Å². The summed E-state index contributed by atoms with van der Waals surface area (Å²) in [6.07, 6.45) is -4.08. The average Bonchev–Trinajstić information content (AvgIpc) is 3.37. The highest BCUT2D eigenvalue weighted by Gasteiger charge is 2.39. The summed E-state index contributed by atoms with van der Waals surface area (Å²) in [7, 11) is 2.64. The van der Waals surface area contributed by atoms with E-state index in [-0.39, 0.29) is 31.0 Å². The van der Waals surface area contributed by atoms with E-state index in [2.05, 4.69) is 5.32 Å². The molecule has 12 heteroatoms. The smallest absolute Gasteiger partial charge is 0.420 e. The summed E-state index contributed by atoms with van der Waals surface area (Å²) in [6, 6.07) is 12.7. The van der Waals surface area contributed by atoms with Crippen molar-refractivity contribution in [1.82, 2.24) is 0 Å². The molecule has 43 heavy (non-hydrogen) atoms. The molecule has 0 saturated carbocycles. The Morgan fingerprint density at radius 1 is 1.02 bits per heavy atom. The third-order valence-electron chi connectivity index (χ3n) is 7.32. The van der Waals surface area contributed by atoms with Crippen LogP contribution in [0.3, 0.4) is 0 Å². The summed E-state index contributed by atoms with van der Waals surface area (Å²) >= 11 is 6.10. The first-order valence-electron chi connectivity index (χ1n) is 13.4. The first kappa shape index (κ1) is 31.8. The Labute approximate surface area is 252 Å². The largest absolute Gasteiger partial charge is 0.497 e.